The lowest BCUT2D eigenvalue weighted by atomic mass is 10.0. The minimum atomic E-state index is -5.08. The Morgan fingerprint density at radius 2 is 1.44 bits per heavy atom. The van der Waals surface area contributed by atoms with Crippen LogP contribution in [0.25, 0.3) is 0 Å². The molecule has 1 aromatic heterocycles. The third-order valence-corrected chi connectivity index (χ3v) is 5.35. The van der Waals surface area contributed by atoms with Crippen molar-refractivity contribution in [3.63, 3.8) is 0 Å². The second-order valence-corrected chi connectivity index (χ2v) is 9.36. The highest BCUT2D eigenvalue weighted by Gasteiger charge is 2.38. The maximum absolute atomic E-state index is 12.7. The predicted octanol–water partition coefficient (Wildman–Crippen LogP) is 4.47. The first-order valence-electron chi connectivity index (χ1n) is 12.2. The fourth-order valence-electron chi connectivity index (χ4n) is 3.47. The molecule has 15 heteroatoms. The van der Waals surface area contributed by atoms with Crippen LogP contribution in [0.15, 0.2) is 36.4 Å². The number of carbonyl (C=O) groups excluding carboxylic acids is 1. The molecule has 9 nitrogen and oxygen atoms in total. The molecule has 1 amide bonds. The van der Waals surface area contributed by atoms with E-state index in [4.69, 9.17) is 24.8 Å². The van der Waals surface area contributed by atoms with Gasteiger partial charge in [-0.25, -0.2) is 14.6 Å². The summed E-state index contributed by atoms with van der Waals surface area (Å²) < 4.78 is 63.5. The van der Waals surface area contributed by atoms with Crippen LogP contribution in [0.2, 0.25) is 0 Å². The maximum atomic E-state index is 12.7. The van der Waals surface area contributed by atoms with E-state index in [0.29, 0.717) is 11.4 Å². The van der Waals surface area contributed by atoms with Crippen LogP contribution in [0, 0.1) is 0 Å². The quantitative estimate of drug-likeness (QED) is 0.434. The minimum absolute atomic E-state index is 0.00108. The van der Waals surface area contributed by atoms with E-state index in [-0.39, 0.29) is 11.9 Å². The molecule has 1 aromatic carbocycles. The van der Waals surface area contributed by atoms with Crippen LogP contribution in [0.1, 0.15) is 41.0 Å². The summed E-state index contributed by atoms with van der Waals surface area (Å²) >= 11 is 0. The number of alkyl halides is 6. The second-order valence-electron chi connectivity index (χ2n) is 9.36. The number of fused-ring (bicyclic) bond motifs is 1. The molecule has 41 heavy (non-hydrogen) atoms. The van der Waals surface area contributed by atoms with Gasteiger partial charge in [-0.2, -0.15) is 26.3 Å². The Morgan fingerprint density at radius 1 is 0.951 bits per heavy atom. The average molecular weight is 595 g/mol. The summed E-state index contributed by atoms with van der Waals surface area (Å²) in [6, 6.07) is 12.9. The number of amides is 1. The van der Waals surface area contributed by atoms with Crippen molar-refractivity contribution in [1.29, 1.82) is 0 Å². The van der Waals surface area contributed by atoms with Crippen LogP contribution in [0.3, 0.4) is 0 Å². The molecule has 1 aliphatic heterocycles. The fraction of sp³-hybridized carbons (Fsp3) is 0.462. The number of carboxylic acids is 2. The Morgan fingerprint density at radius 3 is 1.88 bits per heavy atom. The first-order chi connectivity index (χ1) is 18.8. The van der Waals surface area contributed by atoms with E-state index in [1.165, 1.54) is 11.1 Å². The highest BCUT2D eigenvalue weighted by atomic mass is 19.4. The number of halogens is 6. The molecule has 0 radical (unpaired) electrons. The summed E-state index contributed by atoms with van der Waals surface area (Å²) in [5.74, 6) is -4.81. The lowest BCUT2D eigenvalue weighted by Gasteiger charge is -2.19. The minimum Gasteiger partial charge on any atom is -0.475 e. The first-order valence-corrected chi connectivity index (χ1v) is 12.2. The molecular formula is C26H32F6N4O5. The van der Waals surface area contributed by atoms with Gasteiger partial charge in [0.05, 0.1) is 5.56 Å². The molecule has 0 fully saturated rings. The number of anilines is 1. The van der Waals surface area contributed by atoms with Crippen molar-refractivity contribution in [2.75, 3.05) is 32.5 Å². The number of pyridine rings is 1. The van der Waals surface area contributed by atoms with Gasteiger partial charge in [0.15, 0.2) is 0 Å². The highest BCUT2D eigenvalue weighted by Crippen LogP contribution is 2.24. The number of aliphatic carboxylic acids is 2. The van der Waals surface area contributed by atoms with Crippen molar-refractivity contribution in [3.05, 3.63) is 58.8 Å². The van der Waals surface area contributed by atoms with E-state index < -0.39 is 24.3 Å². The molecule has 0 atom stereocenters. The Bertz CT molecular complexity index is 1150. The SMILES string of the molecule is CC(C)Nc1nc2c(cc1C(=O)N(C)C)CCN(Cc1ccccc1)CC2.O=C(O)C(F)(F)F.O=C(O)C(F)(F)F. The standard InChI is InChI=1S/C22H30N4O.2C2HF3O2/c1-16(2)23-21-19(22(27)25(3)4)14-18-10-12-26(13-11-20(18)24-21)15-17-8-6-5-7-9-17;2*3-2(4,5)1(6)7/h5-9,14,16H,10-13,15H2,1-4H3,(H,23,24);2*(H,6,7). The van der Waals surface area contributed by atoms with Crippen LogP contribution in [0.5, 0.6) is 0 Å². The van der Waals surface area contributed by atoms with Gasteiger partial charge in [0.25, 0.3) is 5.91 Å². The van der Waals surface area contributed by atoms with Crippen molar-refractivity contribution < 1.29 is 50.9 Å². The van der Waals surface area contributed by atoms with Gasteiger partial charge in [-0.05, 0) is 37.5 Å². The summed E-state index contributed by atoms with van der Waals surface area (Å²) in [6.45, 7) is 7.06. The summed E-state index contributed by atoms with van der Waals surface area (Å²) in [5, 5.41) is 17.6. The van der Waals surface area contributed by atoms with Gasteiger partial charge in [0, 0.05) is 51.9 Å². The van der Waals surface area contributed by atoms with Crippen LogP contribution >= 0.6 is 0 Å². The van der Waals surface area contributed by atoms with Crippen molar-refractivity contribution >= 4 is 23.7 Å². The van der Waals surface area contributed by atoms with Crippen LogP contribution < -0.4 is 5.32 Å². The number of carbonyl (C=O) groups is 3. The average Bonchev–Trinajstić information content (AvgIpc) is 3.04. The zero-order valence-electron chi connectivity index (χ0n) is 22.8. The molecule has 2 aromatic rings. The molecule has 0 aliphatic carbocycles. The van der Waals surface area contributed by atoms with Gasteiger partial charge in [-0.1, -0.05) is 30.3 Å². The van der Waals surface area contributed by atoms with E-state index in [0.717, 1.165) is 38.2 Å². The molecule has 0 saturated carbocycles. The summed E-state index contributed by atoms with van der Waals surface area (Å²) in [7, 11) is 3.57. The number of nitrogens with one attached hydrogen (secondary N) is 1. The second kappa shape index (κ2) is 15.2. The van der Waals surface area contributed by atoms with Gasteiger partial charge in [0.1, 0.15) is 5.82 Å². The number of hydrogen-bond acceptors (Lipinski definition) is 6. The lowest BCUT2D eigenvalue weighted by Crippen LogP contribution is -2.25. The van der Waals surface area contributed by atoms with Gasteiger partial charge in [-0.15, -0.1) is 0 Å². The zero-order valence-corrected chi connectivity index (χ0v) is 22.8. The molecule has 3 rings (SSSR count). The summed E-state index contributed by atoms with van der Waals surface area (Å²) in [4.78, 5) is 39.4. The maximum Gasteiger partial charge on any atom is 0.490 e. The molecular weight excluding hydrogens is 562 g/mol. The largest absolute Gasteiger partial charge is 0.490 e. The molecule has 0 saturated heterocycles. The normalized spacial score (nSPS) is 13.4. The van der Waals surface area contributed by atoms with Crippen molar-refractivity contribution in [2.45, 2.75) is 51.6 Å². The highest BCUT2D eigenvalue weighted by molar-refractivity contribution is 5.98. The van der Waals surface area contributed by atoms with Gasteiger partial charge in [-0.3, -0.25) is 9.69 Å². The number of hydrogen-bond donors (Lipinski definition) is 3. The van der Waals surface area contributed by atoms with E-state index in [1.54, 1.807) is 19.0 Å². The summed E-state index contributed by atoms with van der Waals surface area (Å²) in [6.07, 6.45) is -8.34. The topological polar surface area (TPSA) is 123 Å². The Balaban J connectivity index is 0.000000497. The number of nitrogens with zero attached hydrogens (tertiary/aromatic N) is 3. The van der Waals surface area contributed by atoms with Gasteiger partial charge < -0.3 is 20.4 Å². The molecule has 0 spiro atoms. The molecule has 0 bridgehead atoms. The van der Waals surface area contributed by atoms with Crippen molar-refractivity contribution in [3.8, 4) is 0 Å². The fourth-order valence-corrected chi connectivity index (χ4v) is 3.47. The third kappa shape index (κ3) is 12.4. The number of aromatic nitrogens is 1. The smallest absolute Gasteiger partial charge is 0.475 e. The van der Waals surface area contributed by atoms with E-state index in [2.05, 4.69) is 60.5 Å². The van der Waals surface area contributed by atoms with E-state index >= 15 is 0 Å². The van der Waals surface area contributed by atoms with Crippen molar-refractivity contribution in [1.82, 2.24) is 14.8 Å². The lowest BCUT2D eigenvalue weighted by molar-refractivity contribution is -0.193. The summed E-state index contributed by atoms with van der Waals surface area (Å²) in [5.41, 5.74) is 4.32. The van der Waals surface area contributed by atoms with Gasteiger partial charge >= 0.3 is 24.3 Å². The Labute approximate surface area is 232 Å². The third-order valence-electron chi connectivity index (χ3n) is 5.35. The molecule has 1 aliphatic rings. The van der Waals surface area contributed by atoms with Gasteiger partial charge in [0.2, 0.25) is 0 Å². The predicted molar refractivity (Wildman–Crippen MR) is 138 cm³/mol. The molecule has 3 N–H and O–H groups in total. The van der Waals surface area contributed by atoms with E-state index in [1.807, 2.05) is 0 Å². The number of rotatable bonds is 5. The monoisotopic (exact) mass is 594 g/mol. The molecule has 2 heterocycles. The van der Waals surface area contributed by atoms with Crippen LogP contribution in [0.4, 0.5) is 32.2 Å². The number of benzene rings is 1. The molecule has 0 unspecified atom stereocenters. The zero-order chi connectivity index (χ0) is 31.5. The molecule has 228 valence electrons. The van der Waals surface area contributed by atoms with E-state index in [9.17, 15) is 31.1 Å². The van der Waals surface area contributed by atoms with Crippen LogP contribution in [-0.2, 0) is 29.0 Å². The Kier molecular flexibility index (Phi) is 13.0. The number of carboxylic acid groups (broad SMARTS) is 2. The van der Waals surface area contributed by atoms with Crippen LogP contribution in [-0.4, -0.2) is 88.4 Å². The Hall–Kier alpha value is -3.88. The van der Waals surface area contributed by atoms with Crippen molar-refractivity contribution in [2.24, 2.45) is 0 Å². The first kappa shape index (κ1) is 35.1.